The Morgan fingerprint density at radius 3 is 2.89 bits per heavy atom. The summed E-state index contributed by atoms with van der Waals surface area (Å²) in [5, 5.41) is 21.2. The van der Waals surface area contributed by atoms with Crippen LogP contribution in [0.4, 0.5) is 0 Å². The zero-order valence-corrected chi connectivity index (χ0v) is 21.1. The quantitative estimate of drug-likeness (QED) is 0.332. The van der Waals surface area contributed by atoms with E-state index in [1.807, 2.05) is 24.3 Å². The number of fused-ring (bicyclic) bond motifs is 1. The van der Waals surface area contributed by atoms with E-state index in [4.69, 9.17) is 11.6 Å². The Hall–Kier alpha value is -4.09. The highest BCUT2D eigenvalue weighted by atomic mass is 35.5. The van der Waals surface area contributed by atoms with Crippen LogP contribution in [0.15, 0.2) is 59.8 Å². The molecule has 37 heavy (non-hydrogen) atoms. The molecule has 2 N–H and O–H groups in total. The molecule has 5 heterocycles. The van der Waals surface area contributed by atoms with Gasteiger partial charge in [0.15, 0.2) is 0 Å². The maximum Gasteiger partial charge on any atom is 0.311 e. The van der Waals surface area contributed by atoms with Crippen LogP contribution in [0.1, 0.15) is 41.7 Å². The number of carboxylic acids is 1. The van der Waals surface area contributed by atoms with Crippen molar-refractivity contribution in [1.29, 1.82) is 0 Å². The van der Waals surface area contributed by atoms with E-state index in [2.05, 4.69) is 25.5 Å². The number of aliphatic carboxylic acids is 1. The molecular formula is C25H20ClN7O3S. The van der Waals surface area contributed by atoms with Crippen LogP contribution in [0.25, 0.3) is 27.4 Å². The minimum atomic E-state index is -0.858. The topological polar surface area (TPSA) is 132 Å². The highest BCUT2D eigenvalue weighted by molar-refractivity contribution is 7.15. The number of aryl methyl sites for hydroxylation is 1. The molecule has 0 radical (unpaired) electrons. The molecule has 0 saturated carbocycles. The molecule has 1 aliphatic rings. The molecular weight excluding hydrogens is 514 g/mol. The Balaban J connectivity index is 1.34. The monoisotopic (exact) mass is 533 g/mol. The molecule has 5 aromatic rings. The van der Waals surface area contributed by atoms with Gasteiger partial charge in [-0.05, 0) is 72.2 Å². The van der Waals surface area contributed by atoms with Gasteiger partial charge in [0, 0.05) is 27.2 Å². The smallest absolute Gasteiger partial charge is 0.311 e. The molecule has 186 valence electrons. The lowest BCUT2D eigenvalue weighted by Crippen LogP contribution is -2.23. The molecule has 0 saturated heterocycles. The second kappa shape index (κ2) is 9.09. The number of hydrogen-bond acceptors (Lipinski definition) is 7. The first-order chi connectivity index (χ1) is 17.9. The van der Waals surface area contributed by atoms with Crippen LogP contribution in [0.5, 0.6) is 0 Å². The third kappa shape index (κ3) is 4.15. The van der Waals surface area contributed by atoms with E-state index >= 15 is 0 Å². The van der Waals surface area contributed by atoms with Crippen LogP contribution in [0.3, 0.4) is 0 Å². The van der Waals surface area contributed by atoms with E-state index in [0.29, 0.717) is 17.3 Å². The van der Waals surface area contributed by atoms with Crippen molar-refractivity contribution >= 4 is 28.9 Å². The summed E-state index contributed by atoms with van der Waals surface area (Å²) in [7, 11) is 0. The number of aromatic nitrogens is 7. The average molecular weight is 534 g/mol. The first-order valence-corrected chi connectivity index (χ1v) is 12.7. The second-order valence-corrected chi connectivity index (χ2v) is 10.4. The van der Waals surface area contributed by atoms with Gasteiger partial charge in [-0.1, -0.05) is 11.6 Å². The maximum atomic E-state index is 13.4. The summed E-state index contributed by atoms with van der Waals surface area (Å²) in [6, 6.07) is 12.5. The summed E-state index contributed by atoms with van der Waals surface area (Å²) in [5.41, 5.74) is 3.78. The number of aromatic amines is 1. The fraction of sp³-hybridized carbons (Fsp3) is 0.200. The van der Waals surface area contributed by atoms with Crippen molar-refractivity contribution in [2.75, 3.05) is 0 Å². The summed E-state index contributed by atoms with van der Waals surface area (Å²) in [6.07, 6.45) is 4.67. The summed E-state index contributed by atoms with van der Waals surface area (Å²) in [6.45, 7) is 1.67. The number of tetrazole rings is 1. The van der Waals surface area contributed by atoms with Crippen molar-refractivity contribution in [2.24, 2.45) is 0 Å². The number of thiophene rings is 1. The van der Waals surface area contributed by atoms with E-state index in [1.54, 1.807) is 35.9 Å². The van der Waals surface area contributed by atoms with Crippen LogP contribution < -0.4 is 5.56 Å². The van der Waals surface area contributed by atoms with Gasteiger partial charge >= 0.3 is 5.97 Å². The van der Waals surface area contributed by atoms with Crippen LogP contribution in [-0.2, 0) is 11.2 Å². The molecule has 0 spiro atoms. The van der Waals surface area contributed by atoms with Crippen molar-refractivity contribution in [1.82, 2.24) is 34.7 Å². The van der Waals surface area contributed by atoms with E-state index in [0.717, 1.165) is 44.4 Å². The number of halogens is 1. The molecule has 1 aromatic carbocycles. The molecule has 1 aliphatic heterocycles. The van der Waals surface area contributed by atoms with E-state index in [-0.39, 0.29) is 11.6 Å². The van der Waals surface area contributed by atoms with E-state index in [9.17, 15) is 14.7 Å². The Morgan fingerprint density at radius 2 is 2.11 bits per heavy atom. The highest BCUT2D eigenvalue weighted by Crippen LogP contribution is 2.36. The third-order valence-corrected chi connectivity index (χ3v) is 8.14. The number of nitrogens with zero attached hydrogens (tertiary/aromatic N) is 6. The Labute approximate surface area is 219 Å². The van der Waals surface area contributed by atoms with E-state index in [1.165, 1.54) is 22.3 Å². The summed E-state index contributed by atoms with van der Waals surface area (Å²) in [4.78, 5) is 34.3. The largest absolute Gasteiger partial charge is 0.481 e. The van der Waals surface area contributed by atoms with Gasteiger partial charge in [-0.2, -0.15) is 4.68 Å². The molecule has 4 aromatic heterocycles. The molecule has 1 unspecified atom stereocenters. The number of H-pyrrole nitrogens is 1. The van der Waals surface area contributed by atoms with Gasteiger partial charge in [0.1, 0.15) is 12.2 Å². The average Bonchev–Trinajstić information content (AvgIpc) is 3.68. The number of rotatable bonds is 6. The van der Waals surface area contributed by atoms with E-state index < -0.39 is 11.9 Å². The zero-order valence-electron chi connectivity index (χ0n) is 19.5. The first-order valence-electron chi connectivity index (χ1n) is 11.6. The van der Waals surface area contributed by atoms with Crippen molar-refractivity contribution < 1.29 is 9.90 Å². The standard InChI is InChI=1S/C25H20ClN7O3S/c1-13(25(35)36)21-6-7-22(37-21)18-11-27-24(29-18)20-5-3-16-8-14(9-23(34)33(16)20)17-10-15(26)2-4-19(17)32-12-28-30-31-32/h2,4,6-13,20H,3,5H2,1H3,(H,27,29)(H,35,36)/t13?,20-/m0/s1. The molecule has 6 rings (SSSR count). The minimum absolute atomic E-state index is 0.135. The fourth-order valence-electron chi connectivity index (χ4n) is 4.70. The van der Waals surface area contributed by atoms with Gasteiger partial charge in [0.25, 0.3) is 5.56 Å². The lowest BCUT2D eigenvalue weighted by atomic mass is 10.0. The maximum absolute atomic E-state index is 13.4. The molecule has 0 fully saturated rings. The van der Waals surface area contributed by atoms with Crippen molar-refractivity contribution in [3.05, 3.63) is 86.8 Å². The summed E-state index contributed by atoms with van der Waals surface area (Å²) in [5.74, 6) is -0.735. The minimum Gasteiger partial charge on any atom is -0.481 e. The van der Waals surface area contributed by atoms with Gasteiger partial charge in [0.2, 0.25) is 0 Å². The molecule has 2 atom stereocenters. The number of pyridine rings is 1. The lowest BCUT2D eigenvalue weighted by molar-refractivity contribution is -0.138. The number of hydrogen-bond donors (Lipinski definition) is 2. The van der Waals surface area contributed by atoms with Crippen molar-refractivity contribution in [3.63, 3.8) is 0 Å². The van der Waals surface area contributed by atoms with Crippen molar-refractivity contribution in [3.8, 4) is 27.4 Å². The zero-order chi connectivity index (χ0) is 25.7. The number of carboxylic acid groups (broad SMARTS) is 1. The van der Waals surface area contributed by atoms with Crippen LogP contribution in [-0.4, -0.2) is 45.8 Å². The lowest BCUT2D eigenvalue weighted by Gasteiger charge is -2.15. The molecule has 0 amide bonds. The van der Waals surface area contributed by atoms with Crippen LogP contribution in [0.2, 0.25) is 5.02 Å². The van der Waals surface area contributed by atoms with Crippen LogP contribution in [0, 0.1) is 0 Å². The van der Waals surface area contributed by atoms with Gasteiger partial charge < -0.3 is 14.7 Å². The second-order valence-electron chi connectivity index (χ2n) is 8.86. The first kappa shape index (κ1) is 23.3. The molecule has 0 bridgehead atoms. The van der Waals surface area contributed by atoms with Gasteiger partial charge in [-0.3, -0.25) is 9.59 Å². The normalized spacial score (nSPS) is 15.6. The van der Waals surface area contributed by atoms with Gasteiger partial charge in [-0.15, -0.1) is 16.4 Å². The molecule has 0 aliphatic carbocycles. The fourth-order valence-corrected chi connectivity index (χ4v) is 5.89. The Morgan fingerprint density at radius 1 is 1.24 bits per heavy atom. The number of benzene rings is 1. The van der Waals surface area contributed by atoms with Gasteiger partial charge in [-0.25, -0.2) is 4.98 Å². The number of nitrogens with one attached hydrogen (secondary N) is 1. The Bertz CT molecular complexity index is 1690. The summed E-state index contributed by atoms with van der Waals surface area (Å²) >= 11 is 7.71. The predicted molar refractivity (Wildman–Crippen MR) is 138 cm³/mol. The Kier molecular flexibility index (Phi) is 5.73. The van der Waals surface area contributed by atoms with Gasteiger partial charge in [0.05, 0.1) is 34.4 Å². The predicted octanol–water partition coefficient (Wildman–Crippen LogP) is 4.32. The number of carbonyl (C=O) groups is 1. The summed E-state index contributed by atoms with van der Waals surface area (Å²) < 4.78 is 3.32. The number of imidazole rings is 1. The third-order valence-electron chi connectivity index (χ3n) is 6.60. The molecule has 12 heteroatoms. The molecule has 10 nitrogen and oxygen atoms in total. The van der Waals surface area contributed by atoms with Crippen molar-refractivity contribution in [2.45, 2.75) is 31.7 Å². The highest BCUT2D eigenvalue weighted by Gasteiger charge is 2.28. The SMILES string of the molecule is CC(C(=O)O)c1ccc(-c2cnc([C@@H]3CCc4cc(-c5cc(Cl)ccc5-n5cnnn5)cc(=O)n43)[nH]2)s1. The van der Waals surface area contributed by atoms with Crippen LogP contribution >= 0.6 is 22.9 Å².